The maximum atomic E-state index is 14.2. The standard InChI is InChI=1S/C33H39N3O6/c1-6-7-8-16-9-11-17(12-10-16)19-15-22(35(2)3)20-13-18-14-21-25(30(39)23(18)29(38)24(20)28(19)37)31(40)26(33(34)42)32(41)27(21)36(4)5/h9-12,15,18,21,23,25-27,37H,6-8,13-14H2,1-5H3,(H2,34,42)/t18-,21+,23?,25?,26?,27-/m0/s1. The number of primary amides is 1. The van der Waals surface area contributed by atoms with Crippen molar-refractivity contribution in [3.05, 3.63) is 47.0 Å². The van der Waals surface area contributed by atoms with Crippen molar-refractivity contribution in [1.29, 1.82) is 0 Å². The fourth-order valence-electron chi connectivity index (χ4n) is 7.52. The number of fused-ring (bicyclic) bond motifs is 3. The molecule has 3 aliphatic rings. The van der Waals surface area contributed by atoms with E-state index in [4.69, 9.17) is 5.73 Å². The zero-order valence-corrected chi connectivity index (χ0v) is 24.8. The van der Waals surface area contributed by atoms with Gasteiger partial charge in [-0.1, -0.05) is 37.6 Å². The number of nitrogens with two attached hydrogens (primary N) is 1. The van der Waals surface area contributed by atoms with Gasteiger partial charge in [-0.05, 0) is 74.4 Å². The molecule has 2 aromatic carbocycles. The van der Waals surface area contributed by atoms with E-state index in [9.17, 15) is 29.1 Å². The van der Waals surface area contributed by atoms with Gasteiger partial charge in [-0.25, -0.2) is 0 Å². The molecule has 42 heavy (non-hydrogen) atoms. The maximum Gasteiger partial charge on any atom is 0.235 e. The summed E-state index contributed by atoms with van der Waals surface area (Å²) in [5, 5.41) is 11.6. The number of aromatic hydroxyl groups is 1. The van der Waals surface area contributed by atoms with Crippen molar-refractivity contribution in [1.82, 2.24) is 4.90 Å². The second kappa shape index (κ2) is 11.1. The molecule has 0 aliphatic heterocycles. The molecule has 2 saturated carbocycles. The van der Waals surface area contributed by atoms with Crippen LogP contribution in [-0.2, 0) is 32.0 Å². The van der Waals surface area contributed by atoms with Crippen LogP contribution in [0.1, 0.15) is 47.7 Å². The third-order valence-electron chi connectivity index (χ3n) is 9.45. The number of rotatable bonds is 7. The summed E-state index contributed by atoms with van der Waals surface area (Å²) in [6.45, 7) is 2.14. The van der Waals surface area contributed by atoms with Gasteiger partial charge < -0.3 is 15.7 Å². The monoisotopic (exact) mass is 573 g/mol. The molecule has 0 aromatic heterocycles. The summed E-state index contributed by atoms with van der Waals surface area (Å²) in [5.74, 6) is -9.04. The first-order valence-corrected chi connectivity index (χ1v) is 14.7. The molecule has 5 rings (SSSR count). The van der Waals surface area contributed by atoms with Crippen LogP contribution in [0, 0.1) is 29.6 Å². The molecule has 3 aliphatic carbocycles. The van der Waals surface area contributed by atoms with Crippen molar-refractivity contribution in [2.45, 2.75) is 45.1 Å². The van der Waals surface area contributed by atoms with Crippen molar-refractivity contribution in [3.8, 4) is 16.9 Å². The van der Waals surface area contributed by atoms with Gasteiger partial charge in [0.25, 0.3) is 0 Å². The molecule has 222 valence electrons. The Balaban J connectivity index is 1.60. The lowest BCUT2D eigenvalue weighted by molar-refractivity contribution is -0.157. The molecule has 0 spiro atoms. The Hall–Kier alpha value is -3.85. The summed E-state index contributed by atoms with van der Waals surface area (Å²) in [6, 6.07) is 8.94. The number of carbonyl (C=O) groups is 5. The molecule has 2 fully saturated rings. The van der Waals surface area contributed by atoms with E-state index in [0.717, 1.165) is 30.5 Å². The van der Waals surface area contributed by atoms with E-state index in [1.54, 1.807) is 19.0 Å². The molecule has 0 saturated heterocycles. The van der Waals surface area contributed by atoms with Gasteiger partial charge in [0, 0.05) is 25.3 Å². The average molecular weight is 574 g/mol. The van der Waals surface area contributed by atoms with E-state index >= 15 is 0 Å². The van der Waals surface area contributed by atoms with Gasteiger partial charge >= 0.3 is 0 Å². The quantitative estimate of drug-likeness (QED) is 0.483. The number of Topliss-reactive ketones (excluding diaryl/α,β-unsaturated/α-hetero) is 4. The lowest BCUT2D eigenvalue weighted by Crippen LogP contribution is -2.64. The van der Waals surface area contributed by atoms with Crippen molar-refractivity contribution in [2.75, 3.05) is 33.1 Å². The van der Waals surface area contributed by atoms with Gasteiger partial charge in [-0.15, -0.1) is 0 Å². The van der Waals surface area contributed by atoms with Crippen LogP contribution in [0.3, 0.4) is 0 Å². The number of hydrogen-bond acceptors (Lipinski definition) is 8. The topological polar surface area (TPSA) is 138 Å². The lowest BCUT2D eigenvalue weighted by atomic mass is 9.54. The summed E-state index contributed by atoms with van der Waals surface area (Å²) in [6.07, 6.45) is 3.74. The van der Waals surface area contributed by atoms with Gasteiger partial charge in [0.05, 0.1) is 23.4 Å². The highest BCUT2D eigenvalue weighted by atomic mass is 16.3. The minimum atomic E-state index is -1.72. The molecule has 0 bridgehead atoms. The predicted molar refractivity (Wildman–Crippen MR) is 158 cm³/mol. The van der Waals surface area contributed by atoms with Gasteiger partial charge in [0.2, 0.25) is 5.91 Å². The van der Waals surface area contributed by atoms with Crippen molar-refractivity contribution in [3.63, 3.8) is 0 Å². The third kappa shape index (κ3) is 4.64. The lowest BCUT2D eigenvalue weighted by Gasteiger charge is -2.48. The van der Waals surface area contributed by atoms with E-state index in [-0.39, 0.29) is 17.7 Å². The van der Waals surface area contributed by atoms with Gasteiger partial charge in [-0.2, -0.15) is 0 Å². The fraction of sp³-hybridized carbons (Fsp3) is 0.485. The van der Waals surface area contributed by atoms with Gasteiger partial charge in [0.1, 0.15) is 5.75 Å². The molecule has 0 heterocycles. The Morgan fingerprint density at radius 1 is 0.976 bits per heavy atom. The number of unbranched alkanes of at least 4 members (excludes halogenated alkanes) is 1. The number of phenolic OH excluding ortho intramolecular Hbond substituents is 1. The molecular formula is C33H39N3O6. The summed E-state index contributed by atoms with van der Waals surface area (Å²) in [5.41, 5.74) is 9.42. The highest BCUT2D eigenvalue weighted by Crippen LogP contribution is 2.51. The number of amides is 1. The number of benzene rings is 2. The van der Waals surface area contributed by atoms with E-state index in [2.05, 4.69) is 6.92 Å². The molecular weight excluding hydrogens is 534 g/mol. The summed E-state index contributed by atoms with van der Waals surface area (Å²) < 4.78 is 0. The Labute approximate surface area is 246 Å². The van der Waals surface area contributed by atoms with E-state index < -0.39 is 64.7 Å². The normalized spacial score (nSPS) is 27.0. The molecule has 9 nitrogen and oxygen atoms in total. The van der Waals surface area contributed by atoms with Crippen LogP contribution in [0.2, 0.25) is 0 Å². The Morgan fingerprint density at radius 2 is 1.64 bits per heavy atom. The van der Waals surface area contributed by atoms with Crippen LogP contribution in [0.5, 0.6) is 5.75 Å². The van der Waals surface area contributed by atoms with E-state index in [1.165, 1.54) is 5.56 Å². The van der Waals surface area contributed by atoms with Crippen LogP contribution in [-0.4, -0.2) is 73.3 Å². The maximum absolute atomic E-state index is 14.2. The number of phenols is 1. The first-order valence-electron chi connectivity index (χ1n) is 14.7. The first-order chi connectivity index (χ1) is 19.9. The number of carbonyl (C=O) groups excluding carboxylic acids is 5. The number of hydrogen-bond donors (Lipinski definition) is 2. The molecule has 3 unspecified atom stereocenters. The van der Waals surface area contributed by atoms with Crippen molar-refractivity contribution < 1.29 is 29.1 Å². The number of anilines is 1. The minimum Gasteiger partial charge on any atom is -0.507 e. The smallest absolute Gasteiger partial charge is 0.235 e. The van der Waals surface area contributed by atoms with E-state index in [1.807, 2.05) is 49.3 Å². The second-order valence-corrected chi connectivity index (χ2v) is 12.5. The molecule has 6 atom stereocenters. The van der Waals surface area contributed by atoms with Gasteiger partial charge in [0.15, 0.2) is 29.1 Å². The van der Waals surface area contributed by atoms with E-state index in [0.29, 0.717) is 17.5 Å². The second-order valence-electron chi connectivity index (χ2n) is 12.5. The van der Waals surface area contributed by atoms with Crippen LogP contribution < -0.4 is 10.6 Å². The zero-order chi connectivity index (χ0) is 30.6. The molecule has 0 radical (unpaired) electrons. The largest absolute Gasteiger partial charge is 0.507 e. The van der Waals surface area contributed by atoms with Crippen LogP contribution in [0.15, 0.2) is 30.3 Å². The highest BCUT2D eigenvalue weighted by molar-refractivity contribution is 6.29. The number of likely N-dealkylation sites (N-methyl/N-ethyl adjacent to an activating group) is 1. The minimum absolute atomic E-state index is 0.106. The molecule has 1 amide bonds. The molecule has 2 aromatic rings. The van der Waals surface area contributed by atoms with Crippen LogP contribution in [0.4, 0.5) is 5.69 Å². The van der Waals surface area contributed by atoms with Gasteiger partial charge in [-0.3, -0.25) is 28.9 Å². The Kier molecular flexibility index (Phi) is 7.83. The average Bonchev–Trinajstić information content (AvgIpc) is 2.91. The summed E-state index contributed by atoms with van der Waals surface area (Å²) in [4.78, 5) is 70.7. The van der Waals surface area contributed by atoms with Crippen LogP contribution >= 0.6 is 0 Å². The van der Waals surface area contributed by atoms with Crippen molar-refractivity contribution >= 4 is 34.7 Å². The van der Waals surface area contributed by atoms with Crippen molar-refractivity contribution in [2.24, 2.45) is 35.3 Å². The third-order valence-corrected chi connectivity index (χ3v) is 9.45. The fourth-order valence-corrected chi connectivity index (χ4v) is 7.52. The SMILES string of the molecule is CCCCc1ccc(-c2cc(N(C)C)c3c(c2O)C(=O)C2C(=O)C4C(=O)C(C(N)=O)C(=O)[C@@H](N(C)C)[C@@H]4C[C@@H]2C3)cc1. The summed E-state index contributed by atoms with van der Waals surface area (Å²) in [7, 11) is 7.08. The number of ketones is 4. The highest BCUT2D eigenvalue weighted by Gasteiger charge is 2.61. The number of nitrogens with zero attached hydrogens (tertiary/aromatic N) is 2. The summed E-state index contributed by atoms with van der Waals surface area (Å²) >= 11 is 0. The molecule has 3 N–H and O–H groups in total. The zero-order valence-electron chi connectivity index (χ0n) is 24.8. The van der Waals surface area contributed by atoms with Crippen LogP contribution in [0.25, 0.3) is 11.1 Å². The Morgan fingerprint density at radius 3 is 2.21 bits per heavy atom. The molecule has 9 heteroatoms. The first kappa shape index (κ1) is 29.6. The number of aryl methyl sites for hydroxylation is 1. The Bertz CT molecular complexity index is 1480. The predicted octanol–water partition coefficient (Wildman–Crippen LogP) is 2.83.